The molecule has 4 nitrogen and oxygen atoms in total. The quantitative estimate of drug-likeness (QED) is 0.760. The first-order valence-electron chi connectivity index (χ1n) is 4.99. The Kier molecular flexibility index (Phi) is 3.06. The number of aliphatic hydroxyl groups excluding tert-OH is 1. The molecular weight excluding hydrogens is 228 g/mol. The van der Waals surface area contributed by atoms with Gasteiger partial charge in [0.1, 0.15) is 17.5 Å². The van der Waals surface area contributed by atoms with E-state index in [1.54, 1.807) is 0 Å². The maximum atomic E-state index is 13.3. The topological polar surface area (TPSA) is 74.9 Å². The fourth-order valence-corrected chi connectivity index (χ4v) is 1.60. The van der Waals surface area contributed by atoms with Crippen LogP contribution in [0.5, 0.6) is 0 Å². The summed E-state index contributed by atoms with van der Waals surface area (Å²) < 4.78 is 26.7. The lowest BCUT2D eigenvalue weighted by Crippen LogP contribution is -2.07. The van der Waals surface area contributed by atoms with Crippen molar-refractivity contribution in [3.05, 3.63) is 47.2 Å². The number of aliphatic hydroxyl groups is 1. The van der Waals surface area contributed by atoms with Crippen molar-refractivity contribution in [1.29, 1.82) is 0 Å². The lowest BCUT2D eigenvalue weighted by atomic mass is 10.0. The molecular formula is C11H11F2N3O. The van der Waals surface area contributed by atoms with Crippen molar-refractivity contribution in [2.75, 3.05) is 5.73 Å². The Hall–Kier alpha value is -1.95. The summed E-state index contributed by atoms with van der Waals surface area (Å²) in [5.74, 6) is -1.19. The number of nitrogens with one attached hydrogen (secondary N) is 1. The van der Waals surface area contributed by atoms with Gasteiger partial charge in [0.2, 0.25) is 0 Å². The van der Waals surface area contributed by atoms with E-state index in [1.807, 2.05) is 0 Å². The summed E-state index contributed by atoms with van der Waals surface area (Å²) in [6, 6.07) is 3.56. The standard InChI is InChI=1S/C11H11F2N3O/c12-8-2-1-3-9(13)6(8)4-10(17)7-5-15-16-11(7)14/h1-3,5,10,17H,4H2,(H3,14,15,16). The number of aromatic nitrogens is 2. The van der Waals surface area contributed by atoms with Gasteiger partial charge in [-0.3, -0.25) is 5.10 Å². The van der Waals surface area contributed by atoms with E-state index in [0.29, 0.717) is 5.56 Å². The van der Waals surface area contributed by atoms with Gasteiger partial charge in [0.15, 0.2) is 0 Å². The van der Waals surface area contributed by atoms with E-state index in [-0.39, 0.29) is 17.8 Å². The second-order valence-electron chi connectivity index (χ2n) is 3.66. The third kappa shape index (κ3) is 2.26. The Balaban J connectivity index is 2.25. The van der Waals surface area contributed by atoms with E-state index in [4.69, 9.17) is 5.73 Å². The summed E-state index contributed by atoms with van der Waals surface area (Å²) in [6.45, 7) is 0. The summed E-state index contributed by atoms with van der Waals surface area (Å²) in [5.41, 5.74) is 5.67. The highest BCUT2D eigenvalue weighted by molar-refractivity contribution is 5.39. The number of anilines is 1. The zero-order valence-electron chi connectivity index (χ0n) is 8.82. The molecule has 1 aromatic heterocycles. The van der Waals surface area contributed by atoms with Crippen LogP contribution in [0, 0.1) is 11.6 Å². The fraction of sp³-hybridized carbons (Fsp3) is 0.182. The molecule has 0 bridgehead atoms. The third-order valence-corrected chi connectivity index (χ3v) is 2.52. The van der Waals surface area contributed by atoms with Crippen molar-refractivity contribution in [1.82, 2.24) is 10.2 Å². The fourth-order valence-electron chi connectivity index (χ4n) is 1.60. The van der Waals surface area contributed by atoms with E-state index >= 15 is 0 Å². The lowest BCUT2D eigenvalue weighted by Gasteiger charge is -2.11. The first kappa shape index (κ1) is 11.5. The van der Waals surface area contributed by atoms with Crippen LogP contribution in [-0.2, 0) is 6.42 Å². The molecule has 0 fully saturated rings. The van der Waals surface area contributed by atoms with Gasteiger partial charge in [-0.25, -0.2) is 8.78 Å². The van der Waals surface area contributed by atoms with Crippen molar-refractivity contribution in [3.63, 3.8) is 0 Å². The molecule has 0 spiro atoms. The monoisotopic (exact) mass is 239 g/mol. The predicted molar refractivity (Wildman–Crippen MR) is 58.0 cm³/mol. The Morgan fingerprint density at radius 2 is 2.00 bits per heavy atom. The molecule has 2 aromatic rings. The van der Waals surface area contributed by atoms with Crippen molar-refractivity contribution in [2.45, 2.75) is 12.5 Å². The molecule has 1 atom stereocenters. The molecule has 0 aliphatic heterocycles. The second-order valence-corrected chi connectivity index (χ2v) is 3.66. The number of nitrogen functional groups attached to an aromatic ring is 1. The smallest absolute Gasteiger partial charge is 0.129 e. The number of benzene rings is 1. The predicted octanol–water partition coefficient (Wildman–Crippen LogP) is 1.55. The SMILES string of the molecule is Nc1[nH]ncc1C(O)Cc1c(F)cccc1F. The van der Waals surface area contributed by atoms with Gasteiger partial charge in [-0.15, -0.1) is 0 Å². The maximum Gasteiger partial charge on any atom is 0.129 e. The van der Waals surface area contributed by atoms with E-state index in [9.17, 15) is 13.9 Å². The van der Waals surface area contributed by atoms with Gasteiger partial charge in [0.25, 0.3) is 0 Å². The van der Waals surface area contributed by atoms with Crippen molar-refractivity contribution in [3.8, 4) is 0 Å². The Morgan fingerprint density at radius 3 is 2.53 bits per heavy atom. The molecule has 0 aliphatic carbocycles. The van der Waals surface area contributed by atoms with Crippen LogP contribution in [0.1, 0.15) is 17.2 Å². The number of aromatic amines is 1. The molecule has 0 amide bonds. The largest absolute Gasteiger partial charge is 0.388 e. The van der Waals surface area contributed by atoms with Crippen LogP contribution in [0.3, 0.4) is 0 Å². The molecule has 0 saturated heterocycles. The van der Waals surface area contributed by atoms with Gasteiger partial charge in [0.05, 0.1) is 12.3 Å². The summed E-state index contributed by atoms with van der Waals surface area (Å²) >= 11 is 0. The van der Waals surface area contributed by atoms with Gasteiger partial charge in [-0.05, 0) is 12.1 Å². The van der Waals surface area contributed by atoms with Gasteiger partial charge < -0.3 is 10.8 Å². The maximum absolute atomic E-state index is 13.3. The molecule has 90 valence electrons. The van der Waals surface area contributed by atoms with Crippen molar-refractivity contribution in [2.24, 2.45) is 0 Å². The second kappa shape index (κ2) is 4.50. The first-order valence-corrected chi connectivity index (χ1v) is 4.99. The molecule has 6 heteroatoms. The Bertz CT molecular complexity index is 507. The van der Waals surface area contributed by atoms with Crippen molar-refractivity contribution < 1.29 is 13.9 Å². The number of halogens is 2. The van der Waals surface area contributed by atoms with Crippen LogP contribution in [0.15, 0.2) is 24.4 Å². The molecule has 1 aromatic carbocycles. The average Bonchev–Trinajstić information content (AvgIpc) is 2.70. The average molecular weight is 239 g/mol. The Morgan fingerprint density at radius 1 is 1.35 bits per heavy atom. The van der Waals surface area contributed by atoms with E-state index in [1.165, 1.54) is 12.3 Å². The molecule has 2 rings (SSSR count). The summed E-state index contributed by atoms with van der Waals surface area (Å²) in [6.07, 6.45) is 0.0428. The van der Waals surface area contributed by atoms with Gasteiger partial charge in [-0.2, -0.15) is 5.10 Å². The summed E-state index contributed by atoms with van der Waals surface area (Å²) in [4.78, 5) is 0. The zero-order chi connectivity index (χ0) is 12.4. The van der Waals surface area contributed by atoms with Crippen LogP contribution in [0.2, 0.25) is 0 Å². The van der Waals surface area contributed by atoms with Crippen LogP contribution in [-0.4, -0.2) is 15.3 Å². The zero-order valence-corrected chi connectivity index (χ0v) is 8.82. The van der Waals surface area contributed by atoms with E-state index in [0.717, 1.165) is 12.1 Å². The van der Waals surface area contributed by atoms with Gasteiger partial charge in [-0.1, -0.05) is 6.07 Å². The van der Waals surface area contributed by atoms with Crippen LogP contribution in [0.4, 0.5) is 14.6 Å². The molecule has 0 saturated carbocycles. The summed E-state index contributed by atoms with van der Waals surface area (Å²) in [5, 5.41) is 15.9. The molecule has 4 N–H and O–H groups in total. The molecule has 0 radical (unpaired) electrons. The number of rotatable bonds is 3. The lowest BCUT2D eigenvalue weighted by molar-refractivity contribution is 0.176. The normalized spacial score (nSPS) is 12.6. The number of nitrogens with two attached hydrogens (primary N) is 1. The van der Waals surface area contributed by atoms with Crippen LogP contribution < -0.4 is 5.73 Å². The molecule has 0 aliphatic rings. The van der Waals surface area contributed by atoms with Gasteiger partial charge >= 0.3 is 0 Å². The number of H-pyrrole nitrogens is 1. The first-order chi connectivity index (χ1) is 8.09. The highest BCUT2D eigenvalue weighted by atomic mass is 19.1. The number of hydrogen-bond acceptors (Lipinski definition) is 3. The number of hydrogen-bond donors (Lipinski definition) is 3. The minimum absolute atomic E-state index is 0.166. The molecule has 1 unspecified atom stereocenters. The Labute approximate surface area is 96.1 Å². The van der Waals surface area contributed by atoms with E-state index < -0.39 is 17.7 Å². The molecule has 1 heterocycles. The third-order valence-electron chi connectivity index (χ3n) is 2.52. The minimum atomic E-state index is -1.10. The highest BCUT2D eigenvalue weighted by Crippen LogP contribution is 2.24. The van der Waals surface area contributed by atoms with E-state index in [2.05, 4.69) is 10.2 Å². The minimum Gasteiger partial charge on any atom is -0.388 e. The van der Waals surface area contributed by atoms with Gasteiger partial charge in [0, 0.05) is 17.5 Å². The highest BCUT2D eigenvalue weighted by Gasteiger charge is 2.18. The van der Waals surface area contributed by atoms with Crippen LogP contribution in [0.25, 0.3) is 0 Å². The van der Waals surface area contributed by atoms with Crippen molar-refractivity contribution >= 4 is 5.82 Å². The molecule has 17 heavy (non-hydrogen) atoms. The van der Waals surface area contributed by atoms with Crippen LogP contribution >= 0.6 is 0 Å². The number of nitrogens with zero attached hydrogens (tertiary/aromatic N) is 1. The summed E-state index contributed by atoms with van der Waals surface area (Å²) in [7, 11) is 0.